The summed E-state index contributed by atoms with van der Waals surface area (Å²) in [5, 5.41) is 3.37. The van der Waals surface area contributed by atoms with Crippen molar-refractivity contribution < 1.29 is 4.42 Å². The molecule has 2 rings (SSSR count). The lowest BCUT2D eigenvalue weighted by molar-refractivity contribution is 0.429. The Morgan fingerprint density at radius 3 is 3.00 bits per heavy atom. The summed E-state index contributed by atoms with van der Waals surface area (Å²) in [6.45, 7) is 5.34. The Morgan fingerprint density at radius 1 is 1.62 bits per heavy atom. The standard InChI is InChI=1S/C10H16N2O/c1-7(2)9-6-13-10(12-9)8-4-3-5-11-8/h6-8,11H,3-5H2,1-2H3/t8-/m1/s1. The zero-order valence-corrected chi connectivity index (χ0v) is 8.21. The van der Waals surface area contributed by atoms with Gasteiger partial charge in [-0.1, -0.05) is 13.8 Å². The monoisotopic (exact) mass is 180 g/mol. The molecule has 1 atom stereocenters. The molecule has 0 spiro atoms. The van der Waals surface area contributed by atoms with Crippen molar-refractivity contribution in [2.24, 2.45) is 0 Å². The molecule has 1 aromatic rings. The van der Waals surface area contributed by atoms with E-state index in [-0.39, 0.29) is 0 Å². The fraction of sp³-hybridized carbons (Fsp3) is 0.700. The number of aromatic nitrogens is 1. The maximum Gasteiger partial charge on any atom is 0.211 e. The maximum atomic E-state index is 5.44. The van der Waals surface area contributed by atoms with Crippen molar-refractivity contribution in [1.82, 2.24) is 10.3 Å². The van der Waals surface area contributed by atoms with Crippen LogP contribution in [0.5, 0.6) is 0 Å². The minimum absolute atomic E-state index is 0.354. The van der Waals surface area contributed by atoms with Crippen LogP contribution in [0.25, 0.3) is 0 Å². The summed E-state index contributed by atoms with van der Waals surface area (Å²) < 4.78 is 5.44. The molecule has 0 aromatic carbocycles. The number of nitrogens with zero attached hydrogens (tertiary/aromatic N) is 1. The Hall–Kier alpha value is -0.830. The van der Waals surface area contributed by atoms with Gasteiger partial charge in [0.15, 0.2) is 0 Å². The predicted molar refractivity (Wildman–Crippen MR) is 50.6 cm³/mol. The van der Waals surface area contributed by atoms with Gasteiger partial charge in [0.25, 0.3) is 0 Å². The average Bonchev–Trinajstić information content (AvgIpc) is 2.75. The third kappa shape index (κ3) is 1.75. The molecule has 1 N–H and O–H groups in total. The summed E-state index contributed by atoms with van der Waals surface area (Å²) >= 11 is 0. The molecule has 2 heterocycles. The van der Waals surface area contributed by atoms with Crippen LogP contribution in [0.3, 0.4) is 0 Å². The molecule has 0 saturated carbocycles. The highest BCUT2D eigenvalue weighted by Crippen LogP contribution is 2.24. The first kappa shape index (κ1) is 8.75. The van der Waals surface area contributed by atoms with E-state index < -0.39 is 0 Å². The topological polar surface area (TPSA) is 38.1 Å². The van der Waals surface area contributed by atoms with Crippen molar-refractivity contribution in [2.45, 2.75) is 38.6 Å². The van der Waals surface area contributed by atoms with E-state index in [4.69, 9.17) is 4.42 Å². The van der Waals surface area contributed by atoms with Crippen LogP contribution in [-0.4, -0.2) is 11.5 Å². The maximum absolute atomic E-state index is 5.44. The smallest absolute Gasteiger partial charge is 0.211 e. The second-order valence-corrected chi connectivity index (χ2v) is 3.91. The van der Waals surface area contributed by atoms with Gasteiger partial charge in [-0.3, -0.25) is 0 Å². The minimum Gasteiger partial charge on any atom is -0.447 e. The van der Waals surface area contributed by atoms with Crippen molar-refractivity contribution in [2.75, 3.05) is 6.54 Å². The van der Waals surface area contributed by atoms with Crippen LogP contribution in [0.4, 0.5) is 0 Å². The lowest BCUT2D eigenvalue weighted by Gasteiger charge is -2.03. The highest BCUT2D eigenvalue weighted by atomic mass is 16.3. The highest BCUT2D eigenvalue weighted by molar-refractivity contribution is 5.04. The van der Waals surface area contributed by atoms with Crippen LogP contribution in [0, 0.1) is 0 Å². The number of oxazole rings is 1. The second-order valence-electron chi connectivity index (χ2n) is 3.91. The first-order chi connectivity index (χ1) is 6.27. The molecule has 1 aliphatic rings. The molecule has 1 aliphatic heterocycles. The van der Waals surface area contributed by atoms with Crippen LogP contribution in [0.2, 0.25) is 0 Å². The van der Waals surface area contributed by atoms with Crippen molar-refractivity contribution in [1.29, 1.82) is 0 Å². The molecule has 3 heteroatoms. The van der Waals surface area contributed by atoms with Crippen LogP contribution in [-0.2, 0) is 0 Å². The van der Waals surface area contributed by atoms with E-state index in [9.17, 15) is 0 Å². The van der Waals surface area contributed by atoms with Gasteiger partial charge in [0.2, 0.25) is 5.89 Å². The summed E-state index contributed by atoms with van der Waals surface area (Å²) in [5.74, 6) is 1.32. The number of rotatable bonds is 2. The molecule has 72 valence electrons. The molecule has 0 aliphatic carbocycles. The van der Waals surface area contributed by atoms with Gasteiger partial charge in [0.05, 0.1) is 11.7 Å². The Bertz CT molecular complexity index is 274. The molecule has 0 radical (unpaired) electrons. The normalized spacial score (nSPS) is 22.8. The third-order valence-corrected chi connectivity index (χ3v) is 2.49. The molecule has 1 aromatic heterocycles. The second kappa shape index (κ2) is 3.50. The number of hydrogen-bond donors (Lipinski definition) is 1. The van der Waals surface area contributed by atoms with Gasteiger partial charge in [0.1, 0.15) is 6.26 Å². The molecular formula is C10H16N2O. The summed E-state index contributed by atoms with van der Waals surface area (Å²) in [5.41, 5.74) is 1.06. The van der Waals surface area contributed by atoms with E-state index in [0.717, 1.165) is 24.6 Å². The Morgan fingerprint density at radius 2 is 2.46 bits per heavy atom. The first-order valence-corrected chi connectivity index (χ1v) is 4.96. The molecular weight excluding hydrogens is 164 g/mol. The molecule has 3 nitrogen and oxygen atoms in total. The zero-order valence-electron chi connectivity index (χ0n) is 8.21. The molecule has 0 unspecified atom stereocenters. The van der Waals surface area contributed by atoms with Gasteiger partial charge in [-0.25, -0.2) is 4.98 Å². The van der Waals surface area contributed by atoms with Crippen LogP contribution >= 0.6 is 0 Å². The summed E-state index contributed by atoms with van der Waals surface area (Å²) in [4.78, 5) is 4.46. The van der Waals surface area contributed by atoms with Crippen molar-refractivity contribution >= 4 is 0 Å². The average molecular weight is 180 g/mol. The van der Waals surface area contributed by atoms with E-state index in [1.165, 1.54) is 6.42 Å². The predicted octanol–water partition coefficient (Wildman–Crippen LogP) is 2.22. The molecule has 0 bridgehead atoms. The van der Waals surface area contributed by atoms with E-state index >= 15 is 0 Å². The number of hydrogen-bond acceptors (Lipinski definition) is 3. The third-order valence-electron chi connectivity index (χ3n) is 2.49. The van der Waals surface area contributed by atoms with Crippen molar-refractivity contribution in [3.8, 4) is 0 Å². The van der Waals surface area contributed by atoms with Gasteiger partial charge < -0.3 is 9.73 Å². The van der Waals surface area contributed by atoms with Crippen LogP contribution in [0.1, 0.15) is 50.2 Å². The van der Waals surface area contributed by atoms with Crippen LogP contribution in [0.15, 0.2) is 10.7 Å². The van der Waals surface area contributed by atoms with E-state index in [1.807, 2.05) is 0 Å². The van der Waals surface area contributed by atoms with E-state index in [1.54, 1.807) is 6.26 Å². The molecule has 0 amide bonds. The SMILES string of the molecule is CC(C)c1coc([C@H]2CCCN2)n1. The highest BCUT2D eigenvalue weighted by Gasteiger charge is 2.21. The van der Waals surface area contributed by atoms with Crippen LogP contribution < -0.4 is 5.32 Å². The quantitative estimate of drug-likeness (QED) is 0.758. The molecule has 13 heavy (non-hydrogen) atoms. The lowest BCUT2D eigenvalue weighted by Crippen LogP contribution is -2.13. The fourth-order valence-corrected chi connectivity index (χ4v) is 1.62. The minimum atomic E-state index is 0.354. The summed E-state index contributed by atoms with van der Waals surface area (Å²) in [7, 11) is 0. The summed E-state index contributed by atoms with van der Waals surface area (Å²) in [6.07, 6.45) is 4.15. The first-order valence-electron chi connectivity index (χ1n) is 4.96. The van der Waals surface area contributed by atoms with Crippen molar-refractivity contribution in [3.05, 3.63) is 17.8 Å². The Labute approximate surface area is 78.5 Å². The fourth-order valence-electron chi connectivity index (χ4n) is 1.62. The van der Waals surface area contributed by atoms with Gasteiger partial charge in [0, 0.05) is 0 Å². The molecule has 1 fully saturated rings. The van der Waals surface area contributed by atoms with E-state index in [0.29, 0.717) is 12.0 Å². The molecule has 1 saturated heterocycles. The van der Waals surface area contributed by atoms with Gasteiger partial charge in [-0.15, -0.1) is 0 Å². The largest absolute Gasteiger partial charge is 0.447 e. The Kier molecular flexibility index (Phi) is 2.36. The lowest BCUT2D eigenvalue weighted by atomic mass is 10.1. The summed E-state index contributed by atoms with van der Waals surface area (Å²) in [6, 6.07) is 0.354. The van der Waals surface area contributed by atoms with Crippen molar-refractivity contribution in [3.63, 3.8) is 0 Å². The zero-order chi connectivity index (χ0) is 9.26. The van der Waals surface area contributed by atoms with Gasteiger partial charge in [-0.05, 0) is 25.3 Å². The van der Waals surface area contributed by atoms with Gasteiger partial charge in [-0.2, -0.15) is 0 Å². The van der Waals surface area contributed by atoms with Gasteiger partial charge >= 0.3 is 0 Å². The van der Waals surface area contributed by atoms with E-state index in [2.05, 4.69) is 24.1 Å². The number of nitrogens with one attached hydrogen (secondary N) is 1. The Balaban J connectivity index is 2.12.